The maximum absolute atomic E-state index is 14.2. The average molecular weight is 515 g/mol. The van der Waals surface area contributed by atoms with E-state index >= 15 is 0 Å². The molecule has 0 atom stereocenters. The molecule has 8 heteroatoms. The maximum atomic E-state index is 14.2. The second-order valence-electron chi connectivity index (χ2n) is 9.38. The number of halogens is 1. The van der Waals surface area contributed by atoms with Crippen molar-refractivity contribution in [3.8, 4) is 17.0 Å². The van der Waals surface area contributed by atoms with E-state index < -0.39 is 5.82 Å². The van der Waals surface area contributed by atoms with Gasteiger partial charge in [0.1, 0.15) is 11.6 Å². The standard InChI is InChI=1S/C29H27FN4O2S/c1-19-10-11-24-26(16-19)37-29-31-27(20-6-5-7-21(17-20)36-2)25(34(24)29)18-32-12-14-33(15-13-32)28(35)22-8-3-4-9-23(22)30/h3-11,16-17H,12-15,18H2,1-2H3. The normalized spacial score (nSPS) is 14.5. The predicted molar refractivity (Wildman–Crippen MR) is 145 cm³/mol. The highest BCUT2D eigenvalue weighted by Gasteiger charge is 2.26. The van der Waals surface area contributed by atoms with Gasteiger partial charge in [0.05, 0.1) is 34.3 Å². The van der Waals surface area contributed by atoms with Crippen molar-refractivity contribution in [2.45, 2.75) is 13.5 Å². The van der Waals surface area contributed by atoms with Gasteiger partial charge in [-0.05, 0) is 48.9 Å². The molecule has 0 aliphatic carbocycles. The van der Waals surface area contributed by atoms with Crippen molar-refractivity contribution in [2.24, 2.45) is 0 Å². The number of benzene rings is 3. The number of fused-ring (bicyclic) bond motifs is 3. The molecule has 3 aromatic carbocycles. The number of aromatic nitrogens is 2. The van der Waals surface area contributed by atoms with Crippen molar-refractivity contribution in [1.82, 2.24) is 19.2 Å². The summed E-state index contributed by atoms with van der Waals surface area (Å²) in [6.45, 7) is 5.29. The van der Waals surface area contributed by atoms with E-state index in [-0.39, 0.29) is 11.5 Å². The van der Waals surface area contributed by atoms with Crippen LogP contribution in [0.1, 0.15) is 21.6 Å². The largest absolute Gasteiger partial charge is 0.497 e. The minimum Gasteiger partial charge on any atom is -0.497 e. The second-order valence-corrected chi connectivity index (χ2v) is 10.4. The van der Waals surface area contributed by atoms with E-state index in [1.807, 2.05) is 18.2 Å². The molecule has 1 aliphatic rings. The predicted octanol–water partition coefficient (Wildman–Crippen LogP) is 5.63. The molecule has 0 unspecified atom stereocenters. The number of ether oxygens (including phenoxy) is 1. The average Bonchev–Trinajstić information content (AvgIpc) is 3.45. The number of amides is 1. The number of hydrogen-bond acceptors (Lipinski definition) is 5. The summed E-state index contributed by atoms with van der Waals surface area (Å²) in [4.78, 5) is 23.0. The fraction of sp³-hybridized carbons (Fsp3) is 0.241. The SMILES string of the molecule is COc1cccc(-c2nc3sc4cc(C)ccc4n3c2CN2CCN(C(=O)c3ccccc3F)CC2)c1. The molecule has 2 aromatic heterocycles. The van der Waals surface area contributed by atoms with Crippen molar-refractivity contribution in [3.63, 3.8) is 0 Å². The lowest BCUT2D eigenvalue weighted by molar-refractivity contribution is 0.0622. The lowest BCUT2D eigenvalue weighted by Crippen LogP contribution is -2.48. The molecule has 188 valence electrons. The molecule has 1 saturated heterocycles. The Morgan fingerprint density at radius 3 is 2.62 bits per heavy atom. The zero-order valence-electron chi connectivity index (χ0n) is 20.8. The number of aryl methyl sites for hydroxylation is 1. The summed E-state index contributed by atoms with van der Waals surface area (Å²) < 4.78 is 23.1. The Kier molecular flexibility index (Phi) is 6.14. The number of carbonyl (C=O) groups excluding carboxylic acids is 1. The Bertz CT molecular complexity index is 1620. The van der Waals surface area contributed by atoms with Crippen molar-refractivity contribution in [3.05, 3.63) is 89.4 Å². The third kappa shape index (κ3) is 4.36. The molecule has 0 spiro atoms. The number of methoxy groups -OCH3 is 1. The van der Waals surface area contributed by atoms with Crippen LogP contribution in [0.25, 0.3) is 26.4 Å². The number of piperazine rings is 1. The minimum atomic E-state index is -0.473. The molecule has 1 amide bonds. The number of rotatable bonds is 5. The van der Waals surface area contributed by atoms with Gasteiger partial charge in [0.2, 0.25) is 0 Å². The van der Waals surface area contributed by atoms with E-state index in [1.54, 1.807) is 41.5 Å². The summed E-state index contributed by atoms with van der Waals surface area (Å²) in [7, 11) is 1.67. The van der Waals surface area contributed by atoms with Crippen LogP contribution in [0.3, 0.4) is 0 Å². The summed E-state index contributed by atoms with van der Waals surface area (Å²) in [6, 6.07) is 20.7. The van der Waals surface area contributed by atoms with E-state index in [1.165, 1.54) is 16.3 Å². The molecule has 0 bridgehead atoms. The molecule has 37 heavy (non-hydrogen) atoms. The number of imidazole rings is 1. The molecule has 0 N–H and O–H groups in total. The second kappa shape index (κ2) is 9.61. The van der Waals surface area contributed by atoms with Gasteiger partial charge in [0.15, 0.2) is 4.96 Å². The van der Waals surface area contributed by atoms with Crippen LogP contribution in [0.2, 0.25) is 0 Å². The Balaban J connectivity index is 1.32. The van der Waals surface area contributed by atoms with Gasteiger partial charge in [-0.3, -0.25) is 14.1 Å². The van der Waals surface area contributed by atoms with Gasteiger partial charge in [-0.15, -0.1) is 0 Å². The van der Waals surface area contributed by atoms with Crippen molar-refractivity contribution in [2.75, 3.05) is 33.3 Å². The molecule has 0 saturated carbocycles. The maximum Gasteiger partial charge on any atom is 0.256 e. The first-order valence-electron chi connectivity index (χ1n) is 12.3. The van der Waals surface area contributed by atoms with Gasteiger partial charge < -0.3 is 9.64 Å². The highest BCUT2D eigenvalue weighted by atomic mass is 32.1. The Hall–Kier alpha value is -3.75. The van der Waals surface area contributed by atoms with Gasteiger partial charge >= 0.3 is 0 Å². The van der Waals surface area contributed by atoms with Crippen molar-refractivity contribution in [1.29, 1.82) is 0 Å². The van der Waals surface area contributed by atoms with E-state index in [2.05, 4.69) is 40.5 Å². The van der Waals surface area contributed by atoms with Crippen molar-refractivity contribution >= 4 is 32.4 Å². The first-order chi connectivity index (χ1) is 18.0. The number of hydrogen-bond donors (Lipinski definition) is 0. The fourth-order valence-electron chi connectivity index (χ4n) is 5.01. The van der Waals surface area contributed by atoms with Crippen LogP contribution in [0.15, 0.2) is 66.7 Å². The van der Waals surface area contributed by atoms with E-state index in [9.17, 15) is 9.18 Å². The third-order valence-corrected chi connectivity index (χ3v) is 7.98. The van der Waals surface area contributed by atoms with Crippen LogP contribution in [-0.4, -0.2) is 58.4 Å². The molecular weight excluding hydrogens is 487 g/mol. The lowest BCUT2D eigenvalue weighted by Gasteiger charge is -2.34. The van der Waals surface area contributed by atoms with Gasteiger partial charge in [0.25, 0.3) is 5.91 Å². The highest BCUT2D eigenvalue weighted by molar-refractivity contribution is 7.23. The summed E-state index contributed by atoms with van der Waals surface area (Å²) in [5, 5.41) is 0. The van der Waals surface area contributed by atoms with Crippen LogP contribution in [-0.2, 0) is 6.54 Å². The molecule has 1 fully saturated rings. The topological polar surface area (TPSA) is 50.1 Å². The summed E-state index contributed by atoms with van der Waals surface area (Å²) in [5.41, 5.74) is 5.58. The van der Waals surface area contributed by atoms with Gasteiger partial charge in [-0.25, -0.2) is 9.37 Å². The number of carbonyl (C=O) groups is 1. The number of thiazole rings is 1. The molecule has 3 heterocycles. The van der Waals surface area contributed by atoms with Gasteiger partial charge in [-0.1, -0.05) is 41.7 Å². The minimum absolute atomic E-state index is 0.133. The van der Waals surface area contributed by atoms with E-state index in [4.69, 9.17) is 9.72 Å². The third-order valence-electron chi connectivity index (χ3n) is 6.98. The summed E-state index contributed by atoms with van der Waals surface area (Å²) in [6.07, 6.45) is 0. The van der Waals surface area contributed by atoms with Crippen LogP contribution < -0.4 is 4.74 Å². The van der Waals surface area contributed by atoms with Crippen molar-refractivity contribution < 1.29 is 13.9 Å². The molecule has 6 nitrogen and oxygen atoms in total. The Morgan fingerprint density at radius 2 is 1.84 bits per heavy atom. The lowest BCUT2D eigenvalue weighted by atomic mass is 10.1. The molecular formula is C29H27FN4O2S. The van der Waals surface area contributed by atoms with Gasteiger partial charge in [0, 0.05) is 38.3 Å². The van der Waals surface area contributed by atoms with E-state index in [0.717, 1.165) is 33.2 Å². The monoisotopic (exact) mass is 514 g/mol. The molecule has 0 radical (unpaired) electrons. The van der Waals surface area contributed by atoms with Crippen LogP contribution in [0, 0.1) is 12.7 Å². The van der Waals surface area contributed by atoms with Gasteiger partial charge in [-0.2, -0.15) is 0 Å². The van der Waals surface area contributed by atoms with Crippen LogP contribution >= 0.6 is 11.3 Å². The highest BCUT2D eigenvalue weighted by Crippen LogP contribution is 2.35. The number of nitrogens with zero attached hydrogens (tertiary/aromatic N) is 4. The molecule has 6 rings (SSSR count). The smallest absolute Gasteiger partial charge is 0.256 e. The summed E-state index contributed by atoms with van der Waals surface area (Å²) in [5.74, 6) is 0.0698. The summed E-state index contributed by atoms with van der Waals surface area (Å²) >= 11 is 1.69. The molecule has 5 aromatic rings. The Labute approximate surface area is 218 Å². The quantitative estimate of drug-likeness (QED) is 0.305. The van der Waals surface area contributed by atoms with Crippen LogP contribution in [0.4, 0.5) is 4.39 Å². The zero-order valence-corrected chi connectivity index (χ0v) is 21.6. The first kappa shape index (κ1) is 23.6. The first-order valence-corrected chi connectivity index (χ1v) is 13.1. The molecule has 1 aliphatic heterocycles. The Morgan fingerprint density at radius 1 is 1.03 bits per heavy atom. The zero-order chi connectivity index (χ0) is 25.5. The van der Waals surface area contributed by atoms with Crippen LogP contribution in [0.5, 0.6) is 5.75 Å². The fourth-order valence-corrected chi connectivity index (χ4v) is 6.15. The van der Waals surface area contributed by atoms with E-state index in [0.29, 0.717) is 32.7 Å².